The molecule has 4 aromatic rings. The molecule has 1 aromatic heterocycles. The molecule has 0 amide bonds. The van der Waals surface area contributed by atoms with E-state index in [1.165, 1.54) is 38.5 Å². The fourth-order valence-corrected chi connectivity index (χ4v) is 6.37. The van der Waals surface area contributed by atoms with Gasteiger partial charge in [0.25, 0.3) is 0 Å². The minimum atomic E-state index is 0.562. The van der Waals surface area contributed by atoms with Gasteiger partial charge in [0.2, 0.25) is 4.73 Å². The Morgan fingerprint density at radius 2 is 1.14 bits per heavy atom. The summed E-state index contributed by atoms with van der Waals surface area (Å²) in [5.41, 5.74) is 5.73. The van der Waals surface area contributed by atoms with Crippen LogP contribution in [0.15, 0.2) is 76.2 Å². The standard InChI is InChI=1S/C37H47Br2N3O2/c1-5-9-11-27(7-3)25-43-34-17-13-30(14-18-34)32-21-29(24-42-37(39)40-36(38)41-42)22-33(23-32)31-15-19-35(20-16-31)44-26-28(8-4)12-10-6-2/h13-23,27-28H,5-12,24-26H2,1-4H3. The third-order valence-corrected chi connectivity index (χ3v) is 9.28. The van der Waals surface area contributed by atoms with Crippen molar-refractivity contribution in [1.82, 2.24) is 14.8 Å². The van der Waals surface area contributed by atoms with Crippen LogP contribution in [0.2, 0.25) is 0 Å². The van der Waals surface area contributed by atoms with Crippen molar-refractivity contribution in [3.8, 4) is 33.8 Å². The number of halogens is 2. The first-order valence-electron chi connectivity index (χ1n) is 16.3. The lowest BCUT2D eigenvalue weighted by atomic mass is 9.96. The molecule has 0 aliphatic carbocycles. The monoisotopic (exact) mass is 723 g/mol. The Morgan fingerprint density at radius 3 is 1.52 bits per heavy atom. The molecule has 236 valence electrons. The van der Waals surface area contributed by atoms with E-state index in [1.807, 2.05) is 4.68 Å². The largest absolute Gasteiger partial charge is 0.493 e. The van der Waals surface area contributed by atoms with E-state index >= 15 is 0 Å². The van der Waals surface area contributed by atoms with Crippen LogP contribution in [0, 0.1) is 11.8 Å². The van der Waals surface area contributed by atoms with Crippen molar-refractivity contribution >= 4 is 31.9 Å². The number of nitrogens with zero attached hydrogens (tertiary/aromatic N) is 3. The first kappa shape index (κ1) is 34.2. The summed E-state index contributed by atoms with van der Waals surface area (Å²) in [6.45, 7) is 11.1. The highest BCUT2D eigenvalue weighted by Gasteiger charge is 2.12. The van der Waals surface area contributed by atoms with Gasteiger partial charge in [-0.3, -0.25) is 0 Å². The SMILES string of the molecule is CCCCC(CC)COc1ccc(-c2cc(Cn3nc(Br)nc3Br)cc(-c3ccc(OCC(CC)CCCC)cc3)c2)cc1. The lowest BCUT2D eigenvalue weighted by molar-refractivity contribution is 0.233. The van der Waals surface area contributed by atoms with Gasteiger partial charge in [0.1, 0.15) is 11.5 Å². The Bertz CT molecular complexity index is 1340. The highest BCUT2D eigenvalue weighted by atomic mass is 79.9. The number of aromatic nitrogens is 3. The summed E-state index contributed by atoms with van der Waals surface area (Å²) in [7, 11) is 0. The van der Waals surface area contributed by atoms with Crippen molar-refractivity contribution in [2.24, 2.45) is 11.8 Å². The summed E-state index contributed by atoms with van der Waals surface area (Å²) in [6, 6.07) is 23.7. The van der Waals surface area contributed by atoms with Gasteiger partial charge >= 0.3 is 0 Å². The van der Waals surface area contributed by atoms with Gasteiger partial charge in [-0.15, -0.1) is 5.10 Å². The predicted octanol–water partition coefficient (Wildman–Crippen LogP) is 11.4. The Morgan fingerprint density at radius 1 is 0.659 bits per heavy atom. The molecule has 0 aliphatic heterocycles. The molecule has 1 heterocycles. The van der Waals surface area contributed by atoms with Crippen LogP contribution in [0.4, 0.5) is 0 Å². The summed E-state index contributed by atoms with van der Waals surface area (Å²) in [5.74, 6) is 3.06. The Kier molecular flexibility index (Phi) is 13.8. The van der Waals surface area contributed by atoms with Gasteiger partial charge in [-0.25, -0.2) is 4.68 Å². The minimum Gasteiger partial charge on any atom is -0.493 e. The normalized spacial score (nSPS) is 12.7. The maximum absolute atomic E-state index is 6.19. The zero-order chi connectivity index (χ0) is 31.3. The average molecular weight is 726 g/mol. The van der Waals surface area contributed by atoms with Crippen molar-refractivity contribution in [3.63, 3.8) is 0 Å². The molecule has 5 nitrogen and oxygen atoms in total. The second-order valence-corrected chi connectivity index (χ2v) is 13.1. The summed E-state index contributed by atoms with van der Waals surface area (Å²) < 4.78 is 15.5. The van der Waals surface area contributed by atoms with Gasteiger partial charge in [0.05, 0.1) is 19.8 Å². The molecular weight excluding hydrogens is 678 g/mol. The molecule has 3 aromatic carbocycles. The van der Waals surface area contributed by atoms with Crippen molar-refractivity contribution < 1.29 is 9.47 Å². The van der Waals surface area contributed by atoms with Gasteiger partial charge < -0.3 is 9.47 Å². The molecule has 7 heteroatoms. The molecule has 0 saturated carbocycles. The molecule has 0 N–H and O–H groups in total. The number of ether oxygens (including phenoxy) is 2. The zero-order valence-electron chi connectivity index (χ0n) is 26.7. The van der Waals surface area contributed by atoms with E-state index in [0.717, 1.165) is 65.4 Å². The molecule has 0 spiro atoms. The maximum Gasteiger partial charge on any atom is 0.218 e. The quantitative estimate of drug-likeness (QED) is 0.102. The minimum absolute atomic E-state index is 0.562. The van der Waals surface area contributed by atoms with E-state index in [0.29, 0.717) is 27.8 Å². The summed E-state index contributed by atoms with van der Waals surface area (Å²) in [5, 5.41) is 4.50. The van der Waals surface area contributed by atoms with Gasteiger partial charge in [0, 0.05) is 0 Å². The van der Waals surface area contributed by atoms with E-state index < -0.39 is 0 Å². The molecular formula is C37H47Br2N3O2. The number of hydrogen-bond acceptors (Lipinski definition) is 4. The van der Waals surface area contributed by atoms with Crippen LogP contribution in [0.25, 0.3) is 22.3 Å². The van der Waals surface area contributed by atoms with Crippen LogP contribution >= 0.6 is 31.9 Å². The second kappa shape index (κ2) is 17.7. The lowest BCUT2D eigenvalue weighted by Gasteiger charge is -2.16. The molecule has 4 rings (SSSR count). The van der Waals surface area contributed by atoms with E-state index in [4.69, 9.17) is 9.47 Å². The molecule has 0 saturated heterocycles. The van der Waals surface area contributed by atoms with Crippen molar-refractivity contribution in [2.45, 2.75) is 85.6 Å². The van der Waals surface area contributed by atoms with Gasteiger partial charge in [0.15, 0.2) is 4.73 Å². The summed E-state index contributed by atoms with van der Waals surface area (Å²) in [4.78, 5) is 4.35. The average Bonchev–Trinajstić information content (AvgIpc) is 3.37. The number of benzene rings is 3. The third kappa shape index (κ3) is 10.2. The van der Waals surface area contributed by atoms with Gasteiger partial charge in [-0.2, -0.15) is 4.98 Å². The van der Waals surface area contributed by atoms with Gasteiger partial charge in [-0.05, 0) is 127 Å². The van der Waals surface area contributed by atoms with Crippen LogP contribution in [-0.4, -0.2) is 28.0 Å². The maximum atomic E-state index is 6.19. The van der Waals surface area contributed by atoms with Crippen LogP contribution in [-0.2, 0) is 6.54 Å². The van der Waals surface area contributed by atoms with Crippen molar-refractivity contribution in [3.05, 3.63) is 81.8 Å². The van der Waals surface area contributed by atoms with Crippen LogP contribution in [0.5, 0.6) is 11.5 Å². The smallest absolute Gasteiger partial charge is 0.218 e. The summed E-state index contributed by atoms with van der Waals surface area (Å²) in [6.07, 6.45) is 9.73. The number of hydrogen-bond donors (Lipinski definition) is 0. The second-order valence-electron chi connectivity index (χ2n) is 11.7. The molecule has 2 unspecified atom stereocenters. The zero-order valence-corrected chi connectivity index (χ0v) is 29.9. The molecule has 2 atom stereocenters. The molecule has 0 fully saturated rings. The van der Waals surface area contributed by atoms with Crippen molar-refractivity contribution in [2.75, 3.05) is 13.2 Å². The Balaban J connectivity index is 1.55. The highest BCUT2D eigenvalue weighted by Crippen LogP contribution is 2.32. The van der Waals surface area contributed by atoms with E-state index in [1.54, 1.807) is 0 Å². The Labute approximate surface area is 281 Å². The first-order chi connectivity index (χ1) is 21.4. The molecule has 0 bridgehead atoms. The van der Waals surface area contributed by atoms with Crippen molar-refractivity contribution in [1.29, 1.82) is 0 Å². The fourth-order valence-electron chi connectivity index (χ4n) is 5.40. The number of rotatable bonds is 18. The summed E-state index contributed by atoms with van der Waals surface area (Å²) >= 11 is 6.93. The van der Waals surface area contributed by atoms with E-state index in [-0.39, 0.29) is 0 Å². The molecule has 0 aliphatic rings. The topological polar surface area (TPSA) is 49.2 Å². The van der Waals surface area contributed by atoms with Crippen LogP contribution in [0.1, 0.15) is 84.6 Å². The highest BCUT2D eigenvalue weighted by molar-refractivity contribution is 9.11. The van der Waals surface area contributed by atoms with Crippen LogP contribution in [0.3, 0.4) is 0 Å². The molecule has 44 heavy (non-hydrogen) atoms. The number of unbranched alkanes of at least 4 members (excludes halogenated alkanes) is 2. The first-order valence-corrected chi connectivity index (χ1v) is 17.9. The molecule has 0 radical (unpaired) electrons. The van der Waals surface area contributed by atoms with Gasteiger partial charge in [-0.1, -0.05) is 90.5 Å². The van der Waals surface area contributed by atoms with Crippen LogP contribution < -0.4 is 9.47 Å². The lowest BCUT2D eigenvalue weighted by Crippen LogP contribution is -2.11. The fraction of sp³-hybridized carbons (Fsp3) is 0.459. The van der Waals surface area contributed by atoms with E-state index in [9.17, 15) is 0 Å². The van der Waals surface area contributed by atoms with E-state index in [2.05, 4.69) is 136 Å². The predicted molar refractivity (Wildman–Crippen MR) is 189 cm³/mol. The third-order valence-electron chi connectivity index (χ3n) is 8.36. The Hall–Kier alpha value is -2.64.